The number of carbonyl (C=O) groups is 1. The highest BCUT2D eigenvalue weighted by Crippen LogP contribution is 2.08. The van der Waals surface area contributed by atoms with E-state index < -0.39 is 0 Å². The van der Waals surface area contributed by atoms with E-state index in [1.54, 1.807) is 6.08 Å². The van der Waals surface area contributed by atoms with Gasteiger partial charge in [0.15, 0.2) is 0 Å². The highest BCUT2D eigenvalue weighted by atomic mass is 16.2. The first kappa shape index (κ1) is 15.4. The smallest absolute Gasteiger partial charge is 0.237 e. The van der Waals surface area contributed by atoms with Crippen LogP contribution in [0.2, 0.25) is 0 Å². The lowest BCUT2D eigenvalue weighted by atomic mass is 10.2. The average molecular weight is 261 g/mol. The van der Waals surface area contributed by atoms with Crippen LogP contribution in [0.3, 0.4) is 0 Å². The molecule has 0 saturated heterocycles. The Morgan fingerprint density at radius 1 is 1.53 bits per heavy atom. The molecule has 4 heteroatoms. The van der Waals surface area contributed by atoms with Crippen molar-refractivity contribution in [1.29, 1.82) is 0 Å². The number of nitrogens with zero attached hydrogens (tertiary/aromatic N) is 2. The second kappa shape index (κ2) is 7.04. The van der Waals surface area contributed by atoms with Crippen LogP contribution in [-0.2, 0) is 11.3 Å². The summed E-state index contributed by atoms with van der Waals surface area (Å²) in [6.45, 7) is 10.7. The van der Waals surface area contributed by atoms with Gasteiger partial charge in [0.25, 0.3) is 0 Å². The van der Waals surface area contributed by atoms with Crippen molar-refractivity contribution in [3.8, 4) is 0 Å². The fourth-order valence-electron chi connectivity index (χ4n) is 1.92. The molecule has 0 unspecified atom stereocenters. The first-order valence-electron chi connectivity index (χ1n) is 6.47. The largest absolute Gasteiger partial charge is 0.351 e. The molecule has 0 aromatic carbocycles. The van der Waals surface area contributed by atoms with Crippen LogP contribution < -0.4 is 5.32 Å². The van der Waals surface area contributed by atoms with Gasteiger partial charge >= 0.3 is 0 Å². The van der Waals surface area contributed by atoms with Gasteiger partial charge in [0, 0.05) is 18.8 Å². The third-order valence-corrected chi connectivity index (χ3v) is 3.02. The number of amides is 1. The Morgan fingerprint density at radius 2 is 2.21 bits per heavy atom. The van der Waals surface area contributed by atoms with Gasteiger partial charge in [-0.25, -0.2) is 0 Å². The van der Waals surface area contributed by atoms with E-state index in [1.165, 1.54) is 5.56 Å². The molecule has 0 fully saturated rings. The quantitative estimate of drug-likeness (QED) is 0.795. The normalized spacial score (nSPS) is 12.3. The van der Waals surface area contributed by atoms with Crippen molar-refractivity contribution in [2.45, 2.75) is 33.4 Å². The van der Waals surface area contributed by atoms with E-state index in [1.807, 2.05) is 31.9 Å². The second-order valence-corrected chi connectivity index (χ2v) is 4.90. The van der Waals surface area contributed by atoms with Gasteiger partial charge in [-0.1, -0.05) is 6.08 Å². The predicted octanol–water partition coefficient (Wildman–Crippen LogP) is 1.82. The zero-order valence-electron chi connectivity index (χ0n) is 12.2. The minimum atomic E-state index is -0.192. The SMILES string of the molecule is C=CCNC(=O)[C@@H](C)N(C)Cc1cc(C)cc(C)n1. The van der Waals surface area contributed by atoms with Crippen LogP contribution in [-0.4, -0.2) is 35.4 Å². The molecule has 1 aromatic rings. The van der Waals surface area contributed by atoms with Crippen LogP contribution in [0.15, 0.2) is 24.8 Å². The van der Waals surface area contributed by atoms with E-state index in [4.69, 9.17) is 0 Å². The average Bonchev–Trinajstić information content (AvgIpc) is 2.33. The van der Waals surface area contributed by atoms with Gasteiger partial charge < -0.3 is 5.32 Å². The van der Waals surface area contributed by atoms with Gasteiger partial charge in [-0.05, 0) is 45.5 Å². The molecule has 1 rings (SSSR count). The van der Waals surface area contributed by atoms with Crippen LogP contribution in [0.4, 0.5) is 0 Å². The van der Waals surface area contributed by atoms with E-state index in [0.717, 1.165) is 11.4 Å². The molecule has 1 N–H and O–H groups in total. The fraction of sp³-hybridized carbons (Fsp3) is 0.467. The summed E-state index contributed by atoms with van der Waals surface area (Å²) in [5.74, 6) is 0.00627. The van der Waals surface area contributed by atoms with E-state index in [0.29, 0.717) is 13.1 Å². The van der Waals surface area contributed by atoms with E-state index in [2.05, 4.69) is 29.9 Å². The van der Waals surface area contributed by atoms with Crippen LogP contribution in [0, 0.1) is 13.8 Å². The number of aryl methyl sites for hydroxylation is 2. The molecule has 1 amide bonds. The molecule has 4 nitrogen and oxygen atoms in total. The molecule has 0 aliphatic carbocycles. The Kier molecular flexibility index (Phi) is 5.70. The molecule has 1 atom stereocenters. The number of carbonyl (C=O) groups excluding carboxylic acids is 1. The summed E-state index contributed by atoms with van der Waals surface area (Å²) >= 11 is 0. The van der Waals surface area contributed by atoms with E-state index in [9.17, 15) is 4.79 Å². The Morgan fingerprint density at radius 3 is 2.79 bits per heavy atom. The Balaban J connectivity index is 2.65. The summed E-state index contributed by atoms with van der Waals surface area (Å²) in [6, 6.07) is 3.91. The molecule has 104 valence electrons. The summed E-state index contributed by atoms with van der Waals surface area (Å²) in [5.41, 5.74) is 3.19. The molecule has 0 saturated carbocycles. The maximum Gasteiger partial charge on any atom is 0.237 e. The summed E-state index contributed by atoms with van der Waals surface area (Å²) < 4.78 is 0. The van der Waals surface area contributed by atoms with Crippen LogP contribution >= 0.6 is 0 Å². The van der Waals surface area contributed by atoms with Gasteiger partial charge in [0.1, 0.15) is 0 Å². The molecule has 0 bridgehead atoms. The predicted molar refractivity (Wildman–Crippen MR) is 77.8 cm³/mol. The van der Waals surface area contributed by atoms with E-state index >= 15 is 0 Å². The molecule has 1 heterocycles. The number of likely N-dealkylation sites (N-methyl/N-ethyl adjacent to an activating group) is 1. The maximum absolute atomic E-state index is 11.8. The molecule has 0 aliphatic rings. The fourth-order valence-corrected chi connectivity index (χ4v) is 1.92. The molecule has 19 heavy (non-hydrogen) atoms. The number of hydrogen-bond donors (Lipinski definition) is 1. The van der Waals surface area contributed by atoms with Gasteiger partial charge in [-0.2, -0.15) is 0 Å². The molecule has 0 aliphatic heterocycles. The second-order valence-electron chi connectivity index (χ2n) is 4.90. The molecule has 0 spiro atoms. The van der Waals surface area contributed by atoms with Crippen molar-refractivity contribution < 1.29 is 4.79 Å². The zero-order valence-corrected chi connectivity index (χ0v) is 12.2. The van der Waals surface area contributed by atoms with Crippen LogP contribution in [0.5, 0.6) is 0 Å². The van der Waals surface area contributed by atoms with Crippen LogP contribution in [0.1, 0.15) is 23.9 Å². The van der Waals surface area contributed by atoms with Gasteiger partial charge in [-0.3, -0.25) is 14.7 Å². The van der Waals surface area contributed by atoms with Gasteiger partial charge in [-0.15, -0.1) is 6.58 Å². The third kappa shape index (κ3) is 4.83. The molecule has 1 aromatic heterocycles. The van der Waals surface area contributed by atoms with Crippen LogP contribution in [0.25, 0.3) is 0 Å². The lowest BCUT2D eigenvalue weighted by molar-refractivity contribution is -0.125. The number of nitrogens with one attached hydrogen (secondary N) is 1. The number of aromatic nitrogens is 1. The highest BCUT2D eigenvalue weighted by molar-refractivity contribution is 5.81. The summed E-state index contributed by atoms with van der Waals surface area (Å²) in [6.07, 6.45) is 1.68. The standard InChI is InChI=1S/C15H23N3O/c1-6-7-16-15(19)13(4)18(5)10-14-9-11(2)8-12(3)17-14/h6,8-9,13H,1,7,10H2,2-5H3,(H,16,19)/t13-/m1/s1. The van der Waals surface area contributed by atoms with Crippen molar-refractivity contribution in [2.24, 2.45) is 0 Å². The lowest BCUT2D eigenvalue weighted by Crippen LogP contribution is -2.43. The highest BCUT2D eigenvalue weighted by Gasteiger charge is 2.17. The molecular formula is C15H23N3O. The van der Waals surface area contributed by atoms with E-state index in [-0.39, 0.29) is 11.9 Å². The number of hydrogen-bond acceptors (Lipinski definition) is 3. The monoisotopic (exact) mass is 261 g/mol. The maximum atomic E-state index is 11.8. The first-order valence-corrected chi connectivity index (χ1v) is 6.47. The molecular weight excluding hydrogens is 238 g/mol. The van der Waals surface area contributed by atoms with Gasteiger partial charge in [0.2, 0.25) is 5.91 Å². The zero-order chi connectivity index (χ0) is 14.4. The van der Waals surface area contributed by atoms with Gasteiger partial charge in [0.05, 0.1) is 11.7 Å². The third-order valence-electron chi connectivity index (χ3n) is 3.02. The minimum absolute atomic E-state index is 0.00627. The summed E-state index contributed by atoms with van der Waals surface area (Å²) in [4.78, 5) is 18.3. The van der Waals surface area contributed by atoms with Crippen molar-refractivity contribution in [3.05, 3.63) is 41.7 Å². The Labute approximate surface area is 115 Å². The summed E-state index contributed by atoms with van der Waals surface area (Å²) in [7, 11) is 1.93. The van der Waals surface area contributed by atoms with Crippen molar-refractivity contribution in [1.82, 2.24) is 15.2 Å². The Bertz CT molecular complexity index is 436. The Hall–Kier alpha value is -1.68. The molecule has 0 radical (unpaired) electrons. The first-order chi connectivity index (χ1) is 8.93. The number of rotatable bonds is 6. The lowest BCUT2D eigenvalue weighted by Gasteiger charge is -2.23. The minimum Gasteiger partial charge on any atom is -0.351 e. The summed E-state index contributed by atoms with van der Waals surface area (Å²) in [5, 5.41) is 2.80. The topological polar surface area (TPSA) is 45.2 Å². The van der Waals surface area contributed by atoms with Crippen molar-refractivity contribution >= 4 is 5.91 Å². The number of pyridine rings is 1. The van der Waals surface area contributed by atoms with Crippen molar-refractivity contribution in [3.63, 3.8) is 0 Å². The van der Waals surface area contributed by atoms with Crippen molar-refractivity contribution in [2.75, 3.05) is 13.6 Å².